The van der Waals surface area contributed by atoms with Crippen LogP contribution in [0.4, 0.5) is 23.7 Å². The number of nitrogens with one attached hydrogen (secondary N) is 1. The summed E-state index contributed by atoms with van der Waals surface area (Å²) in [4.78, 5) is 35.9. The highest BCUT2D eigenvalue weighted by Gasteiger charge is 2.33. The molecule has 1 fully saturated rings. The molecule has 0 bridgehead atoms. The van der Waals surface area contributed by atoms with E-state index in [9.17, 15) is 22.8 Å². The van der Waals surface area contributed by atoms with E-state index in [2.05, 4.69) is 54.9 Å². The zero-order chi connectivity index (χ0) is 34.6. The Morgan fingerprint density at radius 1 is 1.10 bits per heavy atom. The van der Waals surface area contributed by atoms with Gasteiger partial charge in [0.05, 0.1) is 17.1 Å². The maximum atomic E-state index is 12.9. The lowest BCUT2D eigenvalue weighted by molar-refractivity contribution is -0.274. The van der Waals surface area contributed by atoms with Crippen LogP contribution >= 0.6 is 27.7 Å². The second-order valence-electron chi connectivity index (χ2n) is 11.5. The second kappa shape index (κ2) is 14.8. The third kappa shape index (κ3) is 8.92. The summed E-state index contributed by atoms with van der Waals surface area (Å²) < 4.78 is 43.5. The molecular formula is C34H32BrF3N6O3S. The maximum Gasteiger partial charge on any atom is 0.573 e. The zero-order valence-corrected chi connectivity index (χ0v) is 28.9. The number of benzene rings is 3. The summed E-state index contributed by atoms with van der Waals surface area (Å²) in [5, 5.41) is 7.69. The van der Waals surface area contributed by atoms with Crippen molar-refractivity contribution in [3.05, 3.63) is 94.2 Å². The Balaban J connectivity index is 1.19. The van der Waals surface area contributed by atoms with Gasteiger partial charge in [0, 0.05) is 11.6 Å². The Morgan fingerprint density at radius 2 is 1.81 bits per heavy atom. The maximum absolute atomic E-state index is 12.9. The number of carbonyl (C=O) groups excluding carboxylic acids is 2. The van der Waals surface area contributed by atoms with Gasteiger partial charge in [-0.25, -0.2) is 14.5 Å². The summed E-state index contributed by atoms with van der Waals surface area (Å²) in [5.74, 6) is 0.422. The molecule has 1 saturated heterocycles. The smallest absolute Gasteiger partial charge is 0.406 e. The minimum absolute atomic E-state index is 0.110. The molecule has 3 amide bonds. The molecule has 48 heavy (non-hydrogen) atoms. The van der Waals surface area contributed by atoms with Gasteiger partial charge >= 0.3 is 12.4 Å². The van der Waals surface area contributed by atoms with E-state index >= 15 is 0 Å². The zero-order valence-electron chi connectivity index (χ0n) is 26.5. The number of urea groups is 1. The van der Waals surface area contributed by atoms with Gasteiger partial charge in [0.25, 0.3) is 0 Å². The van der Waals surface area contributed by atoms with Gasteiger partial charge in [-0.2, -0.15) is 4.99 Å². The van der Waals surface area contributed by atoms with Crippen LogP contribution in [0.25, 0.3) is 23.2 Å². The first kappa shape index (κ1) is 34.9. The van der Waals surface area contributed by atoms with Crippen LogP contribution in [0.15, 0.2) is 82.5 Å². The Kier molecular flexibility index (Phi) is 10.7. The number of rotatable bonds is 9. The van der Waals surface area contributed by atoms with E-state index in [1.165, 1.54) is 47.0 Å². The quantitative estimate of drug-likeness (QED) is 0.184. The van der Waals surface area contributed by atoms with Crippen LogP contribution in [0.5, 0.6) is 5.75 Å². The Labute approximate surface area is 288 Å². The molecule has 1 aliphatic heterocycles. The predicted octanol–water partition coefficient (Wildman–Crippen LogP) is 8.62. The number of aliphatic imine (C=N–C) groups is 1. The molecular weight excluding hydrogens is 709 g/mol. The molecule has 0 spiro atoms. The van der Waals surface area contributed by atoms with Crippen molar-refractivity contribution in [3.8, 4) is 22.8 Å². The highest BCUT2D eigenvalue weighted by molar-refractivity contribution is 9.11. The summed E-state index contributed by atoms with van der Waals surface area (Å²) in [5.41, 5.74) is 4.97. The van der Waals surface area contributed by atoms with Gasteiger partial charge in [-0.05, 0) is 83.8 Å². The van der Waals surface area contributed by atoms with Crippen molar-refractivity contribution in [2.24, 2.45) is 4.99 Å². The van der Waals surface area contributed by atoms with Crippen LogP contribution in [-0.2, 0) is 4.79 Å². The van der Waals surface area contributed by atoms with Crippen molar-refractivity contribution in [2.45, 2.75) is 52.4 Å². The van der Waals surface area contributed by atoms with Gasteiger partial charge in [-0.15, -0.1) is 18.3 Å². The van der Waals surface area contributed by atoms with Crippen molar-refractivity contribution >= 4 is 56.6 Å². The molecule has 14 heteroatoms. The lowest BCUT2D eigenvalue weighted by Crippen LogP contribution is -2.34. The van der Waals surface area contributed by atoms with E-state index in [1.807, 2.05) is 62.4 Å². The Hall–Kier alpha value is -4.43. The molecule has 1 N–H and O–H groups in total. The Bertz CT molecular complexity index is 1860. The van der Waals surface area contributed by atoms with Crippen molar-refractivity contribution in [2.75, 3.05) is 10.7 Å². The molecule has 0 radical (unpaired) electrons. The topological polar surface area (TPSA) is 102 Å². The van der Waals surface area contributed by atoms with Crippen LogP contribution in [0.1, 0.15) is 49.8 Å². The monoisotopic (exact) mass is 740 g/mol. The minimum atomic E-state index is -4.76. The number of amides is 3. The van der Waals surface area contributed by atoms with Gasteiger partial charge in [-0.1, -0.05) is 77.9 Å². The normalized spacial score (nSPS) is 15.4. The van der Waals surface area contributed by atoms with Crippen molar-refractivity contribution in [1.82, 2.24) is 20.1 Å². The second-order valence-corrected chi connectivity index (χ2v) is 13.4. The van der Waals surface area contributed by atoms with Crippen molar-refractivity contribution in [3.63, 3.8) is 0 Å². The fourth-order valence-electron chi connectivity index (χ4n) is 4.98. The van der Waals surface area contributed by atoms with E-state index in [0.29, 0.717) is 23.1 Å². The summed E-state index contributed by atoms with van der Waals surface area (Å²) >= 11 is 4.85. The SMILES string of the molecule is Cc1ccc(C(C)C)c(N2C(=O)CS/C2=N\C(=O)NC(C)C/C(Br)=C\c2ccc(-c3ncn(-c4ccc(OC(F)(F)F)cc4)n3)cc2)c1. The molecule has 5 rings (SSSR count). The predicted molar refractivity (Wildman–Crippen MR) is 186 cm³/mol. The lowest BCUT2D eigenvalue weighted by Gasteiger charge is -2.22. The fraction of sp³-hybridized carbons (Fsp3) is 0.265. The molecule has 3 aromatic carbocycles. The molecule has 0 aliphatic carbocycles. The first-order valence-corrected chi connectivity index (χ1v) is 16.7. The minimum Gasteiger partial charge on any atom is -0.406 e. The average Bonchev–Trinajstić information content (AvgIpc) is 3.63. The van der Waals surface area contributed by atoms with Crippen LogP contribution in [0, 0.1) is 6.92 Å². The molecule has 1 aliphatic rings. The fourth-order valence-corrected chi connectivity index (χ4v) is 6.59. The van der Waals surface area contributed by atoms with Crippen LogP contribution in [0.2, 0.25) is 0 Å². The number of aryl methyl sites for hydroxylation is 1. The molecule has 1 aromatic heterocycles. The van der Waals surface area contributed by atoms with Gasteiger partial charge in [0.2, 0.25) is 5.91 Å². The summed E-state index contributed by atoms with van der Waals surface area (Å²) in [6, 6.07) is 18.1. The third-order valence-electron chi connectivity index (χ3n) is 7.20. The van der Waals surface area contributed by atoms with Gasteiger partial charge in [0.1, 0.15) is 12.1 Å². The highest BCUT2D eigenvalue weighted by Crippen LogP contribution is 2.34. The van der Waals surface area contributed by atoms with E-state index < -0.39 is 12.4 Å². The molecule has 0 saturated carbocycles. The van der Waals surface area contributed by atoms with Crippen molar-refractivity contribution in [1.29, 1.82) is 0 Å². The van der Waals surface area contributed by atoms with Crippen LogP contribution in [-0.4, -0.2) is 50.0 Å². The number of carbonyl (C=O) groups is 2. The standard InChI is InChI=1S/C34H32BrF3N6O3S/c1-20(2)28-14-5-21(3)15-29(28)44-30(45)18-48-33(44)41-32(46)40-22(4)16-25(35)17-23-6-8-24(9-7-23)31-39-19-43(42-31)26-10-12-27(13-11-26)47-34(36,37)38/h5-15,17,19-20,22H,16,18H2,1-4H3,(H,40,46)/b25-17+,41-33-. The third-order valence-corrected chi connectivity index (χ3v) is 8.68. The number of halogens is 4. The molecule has 2 heterocycles. The lowest BCUT2D eigenvalue weighted by atomic mass is 9.99. The van der Waals surface area contributed by atoms with Gasteiger partial charge in [0.15, 0.2) is 11.0 Å². The summed E-state index contributed by atoms with van der Waals surface area (Å²) in [6.45, 7) is 7.96. The number of ether oxygens (including phenoxy) is 1. The highest BCUT2D eigenvalue weighted by atomic mass is 79.9. The number of hydrogen-bond donors (Lipinski definition) is 1. The molecule has 9 nitrogen and oxygen atoms in total. The Morgan fingerprint density at radius 3 is 2.48 bits per heavy atom. The van der Waals surface area contributed by atoms with Gasteiger partial charge < -0.3 is 10.1 Å². The van der Waals surface area contributed by atoms with Crippen molar-refractivity contribution < 1.29 is 27.5 Å². The molecule has 1 unspecified atom stereocenters. The first-order valence-electron chi connectivity index (χ1n) is 15.0. The first-order chi connectivity index (χ1) is 22.8. The number of anilines is 1. The van der Waals surface area contributed by atoms with Gasteiger partial charge in [-0.3, -0.25) is 9.69 Å². The van der Waals surface area contributed by atoms with E-state index in [4.69, 9.17) is 0 Å². The number of amidine groups is 1. The van der Waals surface area contributed by atoms with Crippen LogP contribution < -0.4 is 15.0 Å². The largest absolute Gasteiger partial charge is 0.573 e. The molecule has 250 valence electrons. The number of thioether (sulfide) groups is 1. The molecule has 1 atom stereocenters. The molecule has 4 aromatic rings. The van der Waals surface area contributed by atoms with Crippen LogP contribution in [0.3, 0.4) is 0 Å². The number of hydrogen-bond acceptors (Lipinski definition) is 6. The van der Waals surface area contributed by atoms with E-state index in [-0.39, 0.29) is 29.4 Å². The summed E-state index contributed by atoms with van der Waals surface area (Å²) in [6.07, 6.45) is -0.842. The van der Waals surface area contributed by atoms with E-state index in [0.717, 1.165) is 32.4 Å². The number of aromatic nitrogens is 3. The average molecular weight is 742 g/mol. The van der Waals surface area contributed by atoms with E-state index in [1.54, 1.807) is 4.90 Å². The number of alkyl halides is 3. The number of nitrogens with zero attached hydrogens (tertiary/aromatic N) is 5. The summed E-state index contributed by atoms with van der Waals surface area (Å²) in [7, 11) is 0.